The van der Waals surface area contributed by atoms with Gasteiger partial charge in [-0.3, -0.25) is 14.4 Å². The van der Waals surface area contributed by atoms with Gasteiger partial charge in [0.1, 0.15) is 5.82 Å². The number of aryl methyl sites for hydroxylation is 1. The van der Waals surface area contributed by atoms with Gasteiger partial charge < -0.3 is 13.9 Å². The molecule has 410 valence electrons. The van der Waals surface area contributed by atoms with E-state index in [-0.39, 0.29) is 26.5 Å². The van der Waals surface area contributed by atoms with Gasteiger partial charge in [0.15, 0.2) is 0 Å². The summed E-state index contributed by atoms with van der Waals surface area (Å²) in [4.78, 5) is 13.6. The van der Waals surface area contributed by atoms with Gasteiger partial charge in [-0.1, -0.05) is 196 Å². The Morgan fingerprint density at radius 3 is 1.59 bits per heavy atom. The van der Waals surface area contributed by atoms with Crippen molar-refractivity contribution in [2.45, 2.75) is 33.1 Å². The zero-order chi connectivity index (χ0) is 56.9. The first kappa shape index (κ1) is 54.0. The Bertz CT molecular complexity index is 4600. The first-order chi connectivity index (χ1) is 41.1. The van der Waals surface area contributed by atoms with Crippen molar-refractivity contribution in [3.8, 4) is 95.5 Å². The number of hydrogen-bond acceptors (Lipinski definition) is 3. The molecule has 0 atom stereocenters. The summed E-state index contributed by atoms with van der Waals surface area (Å²) < 4.78 is 13.1. The molecule has 0 bridgehead atoms. The van der Waals surface area contributed by atoms with E-state index in [9.17, 15) is 0 Å². The molecular weight excluding hydrogens is 1220 g/mol. The largest absolute Gasteiger partial charge is 0.511 e. The molecule has 0 amide bonds. The van der Waals surface area contributed by atoms with Crippen LogP contribution in [0, 0.1) is 32.0 Å². The van der Waals surface area contributed by atoms with Crippen molar-refractivity contribution in [3.05, 3.63) is 296 Å². The molecule has 0 aliphatic rings. The number of fused-ring (bicyclic) bond motifs is 4. The summed E-state index contributed by atoms with van der Waals surface area (Å²) in [6, 6.07) is 92.2. The minimum Gasteiger partial charge on any atom is -0.511 e. The van der Waals surface area contributed by atoms with Crippen LogP contribution in [0.3, 0.4) is 0 Å². The van der Waals surface area contributed by atoms with Crippen molar-refractivity contribution in [1.82, 2.24) is 19.1 Å². The Hall–Kier alpha value is -10.3. The van der Waals surface area contributed by atoms with Gasteiger partial charge in [-0.15, -0.1) is 29.7 Å². The van der Waals surface area contributed by atoms with E-state index >= 15 is 0 Å². The number of rotatable bonds is 11. The molecule has 0 spiro atoms. The first-order valence-electron chi connectivity index (χ1n) is 28.1. The van der Waals surface area contributed by atoms with Crippen LogP contribution in [0.1, 0.15) is 32.0 Å². The number of para-hydroxylation sites is 3. The molecule has 0 aliphatic carbocycles. The molecule has 0 aliphatic heterocycles. The summed E-state index contributed by atoms with van der Waals surface area (Å²) in [5, 5.41) is 1.95. The summed E-state index contributed by atoms with van der Waals surface area (Å²) in [5.41, 5.74) is 20.4. The minimum atomic E-state index is -0.0943. The van der Waals surface area contributed by atoms with Crippen LogP contribution < -0.4 is 9.30 Å². The molecule has 14 aromatic rings. The molecule has 4 heterocycles. The van der Waals surface area contributed by atoms with E-state index in [1.54, 1.807) is 6.07 Å². The topological polar surface area (TPSA) is 53.1 Å². The van der Waals surface area contributed by atoms with E-state index in [0.29, 0.717) is 22.9 Å². The standard InChI is InChI=1S/C77H54N6O.Pt/c1-51-37-73-70(49-80-51)69-34-33-65(48-74(69)83(73)75-44-62(35-36-79-75)77(2,3)4)84-66-46-63(78-5)45-64(47-66)81-50-82(72-32-19-18-31-71(72)81)76-67(60-40-56(52-21-10-6-11-22-52)38-57(41-60)53-23-12-7-13-24-53)29-20-30-68(76)61-42-58(54-25-14-8-15-26-54)39-59(43-61)55-27-16-9-17-28-55;/h6-46,49H,1-4H3;/q-2;. The molecule has 8 heteroatoms. The number of aromatic nitrogens is 5. The zero-order valence-electron chi connectivity index (χ0n) is 47.2. The van der Waals surface area contributed by atoms with E-state index < -0.39 is 0 Å². The fourth-order valence-electron chi connectivity index (χ4n) is 11.5. The van der Waals surface area contributed by atoms with Crippen molar-refractivity contribution in [2.75, 3.05) is 0 Å². The maximum Gasteiger partial charge on any atom is 0.268 e. The number of hydrogen-bond donors (Lipinski definition) is 0. The molecular formula is C77H54N6OPt-2. The van der Waals surface area contributed by atoms with Crippen molar-refractivity contribution in [2.24, 2.45) is 0 Å². The van der Waals surface area contributed by atoms with Gasteiger partial charge in [0.25, 0.3) is 6.33 Å². The third-order valence-electron chi connectivity index (χ3n) is 15.7. The van der Waals surface area contributed by atoms with E-state index in [4.69, 9.17) is 21.3 Å². The van der Waals surface area contributed by atoms with Gasteiger partial charge in [-0.25, -0.2) is 4.98 Å². The molecule has 0 N–H and O–H groups in total. The predicted octanol–water partition coefficient (Wildman–Crippen LogP) is 19.1. The fourth-order valence-corrected chi connectivity index (χ4v) is 11.5. The van der Waals surface area contributed by atoms with E-state index in [0.717, 1.165) is 122 Å². The Balaban J connectivity index is 0.00000672. The second-order valence-corrected chi connectivity index (χ2v) is 22.2. The number of pyridine rings is 2. The molecule has 0 unspecified atom stereocenters. The predicted molar refractivity (Wildman–Crippen MR) is 340 cm³/mol. The summed E-state index contributed by atoms with van der Waals surface area (Å²) in [5.74, 6) is 1.60. The van der Waals surface area contributed by atoms with E-state index in [2.05, 4.69) is 266 Å². The van der Waals surface area contributed by atoms with Crippen LogP contribution >= 0.6 is 0 Å². The van der Waals surface area contributed by atoms with Gasteiger partial charge in [-0.2, -0.15) is 12.1 Å². The SMILES string of the molecule is [C-]#[N+]c1cc(Oc2[c-]c3c(cc2)c2cnc(C)cc2n3-c2cc(C(C)(C)C)ccn2)[c-]c(-n2[c-][n+](-c3c(-c4cc(-c5ccccc5)cc(-c5ccccc5)c4)cccc3-c3cc(-c4ccccc4)cc(-c4ccccc4)c3)c3ccccc32)c1.[Pt]. The summed E-state index contributed by atoms with van der Waals surface area (Å²) in [6.45, 7) is 17.0. The third-order valence-corrected chi connectivity index (χ3v) is 15.7. The van der Waals surface area contributed by atoms with Crippen molar-refractivity contribution in [1.29, 1.82) is 0 Å². The van der Waals surface area contributed by atoms with Crippen LogP contribution in [0.25, 0.3) is 122 Å². The van der Waals surface area contributed by atoms with E-state index in [1.165, 1.54) is 0 Å². The first-order valence-corrected chi connectivity index (χ1v) is 28.1. The number of benzene rings is 10. The van der Waals surface area contributed by atoms with Crippen molar-refractivity contribution < 1.29 is 30.4 Å². The molecule has 0 saturated heterocycles. The molecule has 10 aromatic carbocycles. The Kier molecular flexibility index (Phi) is 14.3. The third kappa shape index (κ3) is 10.4. The average molecular weight is 1270 g/mol. The van der Waals surface area contributed by atoms with Crippen LogP contribution in [0.2, 0.25) is 0 Å². The van der Waals surface area contributed by atoms with Crippen LogP contribution in [-0.2, 0) is 26.5 Å². The van der Waals surface area contributed by atoms with Gasteiger partial charge in [-0.05, 0) is 150 Å². The minimum absolute atomic E-state index is 0. The monoisotopic (exact) mass is 1270 g/mol. The number of imidazole rings is 1. The fraction of sp³-hybridized carbons (Fsp3) is 0.0649. The molecule has 0 fully saturated rings. The maximum atomic E-state index is 8.42. The van der Waals surface area contributed by atoms with Crippen LogP contribution in [0.4, 0.5) is 5.69 Å². The Labute approximate surface area is 509 Å². The quantitative estimate of drug-likeness (QED) is 0.0958. The van der Waals surface area contributed by atoms with Gasteiger partial charge in [0.2, 0.25) is 0 Å². The smallest absolute Gasteiger partial charge is 0.268 e. The Morgan fingerprint density at radius 2 is 1.04 bits per heavy atom. The normalized spacial score (nSPS) is 11.4. The molecule has 4 aromatic heterocycles. The summed E-state index contributed by atoms with van der Waals surface area (Å²) in [6.07, 6.45) is 7.67. The summed E-state index contributed by atoms with van der Waals surface area (Å²) in [7, 11) is 0. The maximum absolute atomic E-state index is 8.42. The van der Waals surface area contributed by atoms with E-state index in [1.807, 2.05) is 48.1 Å². The van der Waals surface area contributed by atoms with Crippen molar-refractivity contribution >= 4 is 38.5 Å². The second-order valence-electron chi connectivity index (χ2n) is 22.2. The summed E-state index contributed by atoms with van der Waals surface area (Å²) >= 11 is 0. The molecule has 0 saturated carbocycles. The molecule has 7 nitrogen and oxygen atoms in total. The number of ether oxygens (including phenoxy) is 1. The molecule has 85 heavy (non-hydrogen) atoms. The zero-order valence-corrected chi connectivity index (χ0v) is 49.4. The number of nitrogens with zero attached hydrogens (tertiary/aromatic N) is 6. The van der Waals surface area contributed by atoms with Crippen LogP contribution in [0.15, 0.2) is 255 Å². The molecule has 0 radical (unpaired) electrons. The Morgan fingerprint density at radius 1 is 0.494 bits per heavy atom. The average Bonchev–Trinajstić information content (AvgIpc) is 4.06. The van der Waals surface area contributed by atoms with Gasteiger partial charge in [0, 0.05) is 50.4 Å². The van der Waals surface area contributed by atoms with Crippen LogP contribution in [0.5, 0.6) is 11.5 Å². The van der Waals surface area contributed by atoms with Gasteiger partial charge >= 0.3 is 0 Å². The molecule has 14 rings (SSSR count). The van der Waals surface area contributed by atoms with Crippen molar-refractivity contribution in [3.63, 3.8) is 0 Å². The van der Waals surface area contributed by atoms with Gasteiger partial charge in [0.05, 0.1) is 29.0 Å². The van der Waals surface area contributed by atoms with Crippen LogP contribution in [-0.4, -0.2) is 19.1 Å². The second kappa shape index (κ2) is 22.5.